The van der Waals surface area contributed by atoms with E-state index in [-0.39, 0.29) is 100 Å². The van der Waals surface area contributed by atoms with Crippen LogP contribution in [-0.4, -0.2) is 186 Å². The first kappa shape index (κ1) is 77.7. The quantitative estimate of drug-likeness (QED) is 0.0104. The van der Waals surface area contributed by atoms with E-state index in [0.29, 0.717) is 6.42 Å². The number of aliphatic hydroxyl groups is 14. The summed E-state index contributed by atoms with van der Waals surface area (Å²) in [6.07, 6.45) is 24.2. The maximum atomic E-state index is 12.8. The lowest BCUT2D eigenvalue weighted by atomic mass is 9.88. The molecule has 0 saturated heterocycles. The lowest BCUT2D eigenvalue weighted by Gasteiger charge is -2.26. The van der Waals surface area contributed by atoms with E-state index in [1.807, 2.05) is 49.5 Å². The van der Waals surface area contributed by atoms with E-state index < -0.39 is 103 Å². The third-order valence-corrected chi connectivity index (χ3v) is 13.4. The number of carbonyl (C=O) groups excluding carboxylic acids is 1. The molecule has 83 heavy (non-hydrogen) atoms. The zero-order chi connectivity index (χ0) is 62.7. The summed E-state index contributed by atoms with van der Waals surface area (Å²) in [4.78, 5) is 27.3. The molecular weight excluding hydrogens is 1070 g/mol. The Balaban J connectivity index is 4.53. The van der Waals surface area contributed by atoms with Gasteiger partial charge in [0.2, 0.25) is 0 Å². The summed E-state index contributed by atoms with van der Waals surface area (Å²) in [7, 11) is 0. The monoisotopic (exact) mass is 1170 g/mol. The standard InChI is InChI=1S/C63H101N3O17/c1-43(26-19-15-11-10-12-16-20-27-44(2)62(82)83)60(80)46(4)56(76)34-22-18-14-9-7-5-6-8-13-17-21-33-55(75)45(3)57(77)41-53(73)38-49(69)30-23-28-47(67)36-52(72)37-48(68)29-24-31-50(70)39-54(74)42-59(79)61(81)58(78)40-51(71)32-25-35-66-63(64)65/h5-10,12-14,16-24,26-27,29-30,34,43,45-56,58-61,67-76,78-81H,11,15,25,28,31-33,35-42H2,1-4H3,(H,82,83)(H4,64,65,66). The van der Waals surface area contributed by atoms with Gasteiger partial charge in [-0.15, -0.1) is 0 Å². The third kappa shape index (κ3) is 41.4. The van der Waals surface area contributed by atoms with Crippen LogP contribution in [0.15, 0.2) is 150 Å². The van der Waals surface area contributed by atoms with Gasteiger partial charge in [0.05, 0.1) is 79.4 Å². The van der Waals surface area contributed by atoms with Crippen LogP contribution >= 0.6 is 0 Å². The smallest absolute Gasteiger partial charge is 0.331 e. The normalized spacial score (nSPS) is 19.6. The molecule has 19 N–H and O–H groups in total. The molecule has 0 spiro atoms. The zero-order valence-corrected chi connectivity index (χ0v) is 48.8. The Kier molecular flexibility index (Phi) is 44.0. The number of hydrogen-bond donors (Lipinski definition) is 17. The summed E-state index contributed by atoms with van der Waals surface area (Å²) < 4.78 is 0. The Bertz CT molecular complexity index is 2160. The largest absolute Gasteiger partial charge is 0.478 e. The van der Waals surface area contributed by atoms with Crippen LogP contribution in [0, 0.1) is 17.8 Å². The van der Waals surface area contributed by atoms with Crippen molar-refractivity contribution in [3.8, 4) is 0 Å². The highest BCUT2D eigenvalue weighted by atomic mass is 16.4. The second kappa shape index (κ2) is 47.0. The molecule has 0 aromatic heterocycles. The van der Waals surface area contributed by atoms with Gasteiger partial charge in [-0.1, -0.05) is 161 Å². The molecule has 20 nitrogen and oxygen atoms in total. The molecule has 0 aromatic carbocycles. The molecule has 0 aliphatic heterocycles. The van der Waals surface area contributed by atoms with E-state index in [1.54, 1.807) is 80.7 Å². The van der Waals surface area contributed by atoms with Crippen molar-refractivity contribution >= 4 is 17.7 Å². The summed E-state index contributed by atoms with van der Waals surface area (Å²) in [6, 6.07) is 0. The summed E-state index contributed by atoms with van der Waals surface area (Å²) in [5, 5.41) is 154. The Morgan fingerprint density at radius 1 is 0.470 bits per heavy atom. The first-order valence-corrected chi connectivity index (χ1v) is 28.6. The fourth-order valence-corrected chi connectivity index (χ4v) is 8.15. The molecule has 0 aliphatic carbocycles. The van der Waals surface area contributed by atoms with Crippen LogP contribution in [0.4, 0.5) is 0 Å². The molecule has 0 radical (unpaired) electrons. The molecule has 0 fully saturated rings. The first-order chi connectivity index (χ1) is 39.2. The van der Waals surface area contributed by atoms with Crippen molar-refractivity contribution in [2.24, 2.45) is 34.2 Å². The minimum Gasteiger partial charge on any atom is -0.478 e. The summed E-state index contributed by atoms with van der Waals surface area (Å²) in [5.41, 5.74) is 10.7. The fraction of sp³-hybridized carbons (Fsp3) is 0.571. The van der Waals surface area contributed by atoms with Crippen LogP contribution in [0.25, 0.3) is 0 Å². The summed E-state index contributed by atoms with van der Waals surface area (Å²) in [6.45, 7) is 7.06. The van der Waals surface area contributed by atoms with Crippen LogP contribution in [-0.2, 0) is 9.59 Å². The predicted octanol–water partition coefficient (Wildman–Crippen LogP) is 3.40. The van der Waals surface area contributed by atoms with E-state index in [4.69, 9.17) is 16.6 Å². The Morgan fingerprint density at radius 2 is 0.952 bits per heavy atom. The third-order valence-electron chi connectivity index (χ3n) is 13.4. The van der Waals surface area contributed by atoms with Crippen LogP contribution < -0.4 is 11.5 Å². The lowest BCUT2D eigenvalue weighted by Crippen LogP contribution is -2.41. The number of guanidine groups is 1. The van der Waals surface area contributed by atoms with Crippen LogP contribution in [0.5, 0.6) is 0 Å². The van der Waals surface area contributed by atoms with Crippen molar-refractivity contribution in [2.75, 3.05) is 6.54 Å². The molecule has 0 bridgehead atoms. The van der Waals surface area contributed by atoms with Crippen molar-refractivity contribution < 1.29 is 86.2 Å². The molecule has 17 unspecified atom stereocenters. The van der Waals surface area contributed by atoms with Crippen molar-refractivity contribution in [3.63, 3.8) is 0 Å². The summed E-state index contributed by atoms with van der Waals surface area (Å²) in [5.74, 6) is -2.75. The molecule has 17 atom stereocenters. The first-order valence-electron chi connectivity index (χ1n) is 28.6. The molecule has 0 aromatic rings. The van der Waals surface area contributed by atoms with Crippen LogP contribution in [0.1, 0.15) is 118 Å². The van der Waals surface area contributed by atoms with Gasteiger partial charge in [0.1, 0.15) is 11.9 Å². The van der Waals surface area contributed by atoms with Gasteiger partial charge in [0.25, 0.3) is 0 Å². The molecule has 20 heteroatoms. The number of aliphatic hydroxyl groups excluding tert-OH is 14. The number of nitrogens with zero attached hydrogens (tertiary/aromatic N) is 1. The highest BCUT2D eigenvalue weighted by Gasteiger charge is 2.29. The minimum atomic E-state index is -1.66. The van der Waals surface area contributed by atoms with Gasteiger partial charge in [-0.2, -0.15) is 0 Å². The lowest BCUT2D eigenvalue weighted by molar-refractivity contribution is -0.132. The van der Waals surface area contributed by atoms with Gasteiger partial charge in [0, 0.05) is 62.0 Å². The van der Waals surface area contributed by atoms with Crippen molar-refractivity contribution in [3.05, 3.63) is 145 Å². The molecule has 0 amide bonds. The Morgan fingerprint density at radius 3 is 1.51 bits per heavy atom. The average molecular weight is 1170 g/mol. The van der Waals surface area contributed by atoms with E-state index >= 15 is 0 Å². The number of allylic oxidation sites excluding steroid dienone is 16. The van der Waals surface area contributed by atoms with Crippen molar-refractivity contribution in [1.29, 1.82) is 0 Å². The Labute approximate surface area is 491 Å². The van der Waals surface area contributed by atoms with Gasteiger partial charge >= 0.3 is 5.97 Å². The number of carboxylic acid groups (broad SMARTS) is 1. The average Bonchev–Trinajstić information content (AvgIpc) is 3.45. The number of carbonyl (C=O) groups is 2. The van der Waals surface area contributed by atoms with Gasteiger partial charge in [-0.05, 0) is 64.7 Å². The van der Waals surface area contributed by atoms with E-state index in [1.165, 1.54) is 37.3 Å². The van der Waals surface area contributed by atoms with E-state index in [9.17, 15) is 81.1 Å². The van der Waals surface area contributed by atoms with Crippen molar-refractivity contribution in [1.82, 2.24) is 0 Å². The van der Waals surface area contributed by atoms with Gasteiger partial charge in [-0.25, -0.2) is 4.79 Å². The minimum absolute atomic E-state index is 0.0000274. The molecule has 0 rings (SSSR count). The van der Waals surface area contributed by atoms with Crippen molar-refractivity contribution in [2.45, 2.75) is 203 Å². The molecule has 0 aliphatic rings. The number of unbranched alkanes of at least 4 members (excludes halogenated alkanes) is 1. The molecule has 0 saturated carbocycles. The van der Waals surface area contributed by atoms with Gasteiger partial charge in [-0.3, -0.25) is 9.79 Å². The van der Waals surface area contributed by atoms with Gasteiger partial charge < -0.3 is 88.1 Å². The maximum Gasteiger partial charge on any atom is 0.331 e. The molecule has 470 valence electrons. The number of carboxylic acids is 1. The molecule has 0 heterocycles. The molecular formula is C63H101N3O17. The number of hydrogen-bond acceptors (Lipinski definition) is 17. The topological polar surface area (TPSA) is 402 Å². The number of ketones is 1. The second-order valence-electron chi connectivity index (χ2n) is 21.2. The van der Waals surface area contributed by atoms with Crippen LogP contribution in [0.3, 0.4) is 0 Å². The maximum absolute atomic E-state index is 12.8. The number of aliphatic carboxylic acids is 1. The summed E-state index contributed by atoms with van der Waals surface area (Å²) >= 11 is 0. The predicted molar refractivity (Wildman–Crippen MR) is 324 cm³/mol. The highest BCUT2D eigenvalue weighted by Crippen LogP contribution is 2.21. The Hall–Kier alpha value is -5.27. The fourth-order valence-electron chi connectivity index (χ4n) is 8.15. The number of nitrogens with two attached hydrogens (primary N) is 2. The van der Waals surface area contributed by atoms with Crippen LogP contribution in [0.2, 0.25) is 0 Å². The number of Topliss-reactive ketones (excluding diaryl/α,β-unsaturated/α-hetero) is 1. The second-order valence-corrected chi connectivity index (χ2v) is 21.2. The number of aliphatic imine (C=N–C) groups is 1. The van der Waals surface area contributed by atoms with E-state index in [2.05, 4.69) is 4.99 Å². The highest BCUT2D eigenvalue weighted by molar-refractivity contribution is 5.86. The SMILES string of the molecule is CC(=CC=CC=CCCC=CC(C)C(O)C(C)C(O)C=CC=CC=CC=CC=CC=CCC(O)C(C)C(=O)CC(O)CC(O)C=CCC(O)CC(O)CC(O)C=CCC(O)CC(O)CC(O)C(O)C(O)CC(O)CCCN=C(N)N)C(=O)O. The van der Waals surface area contributed by atoms with E-state index in [0.717, 1.165) is 12.8 Å². The van der Waals surface area contributed by atoms with Gasteiger partial charge in [0.15, 0.2) is 5.96 Å². The zero-order valence-electron chi connectivity index (χ0n) is 48.8. The number of rotatable bonds is 46.